The summed E-state index contributed by atoms with van der Waals surface area (Å²) >= 11 is 0. The number of ether oxygens (including phenoxy) is 6. The third-order valence-electron chi connectivity index (χ3n) is 6.72. The summed E-state index contributed by atoms with van der Waals surface area (Å²) in [7, 11) is 6.33. The van der Waals surface area contributed by atoms with Gasteiger partial charge in [0.25, 0.3) is 0 Å². The van der Waals surface area contributed by atoms with Gasteiger partial charge in [0.05, 0.1) is 27.9 Å². The summed E-state index contributed by atoms with van der Waals surface area (Å²) in [6, 6.07) is 3.54. The molecule has 1 aliphatic heterocycles. The first-order chi connectivity index (χ1) is 16.8. The van der Waals surface area contributed by atoms with Gasteiger partial charge in [0.15, 0.2) is 11.5 Å². The number of hydrogen-bond acceptors (Lipinski definition) is 7. The Kier molecular flexibility index (Phi) is 9.03. The van der Waals surface area contributed by atoms with Crippen molar-refractivity contribution >= 4 is 12.0 Å². The van der Waals surface area contributed by atoms with Crippen molar-refractivity contribution in [2.45, 2.75) is 57.8 Å². The van der Waals surface area contributed by atoms with Gasteiger partial charge in [-0.15, -0.1) is 0 Å². The molecule has 4 atom stereocenters. The highest BCUT2D eigenvalue weighted by Crippen LogP contribution is 2.50. The van der Waals surface area contributed by atoms with Gasteiger partial charge in [0.1, 0.15) is 17.8 Å². The molecular formula is C28H38O7. The third-order valence-corrected chi connectivity index (χ3v) is 6.72. The molecule has 7 heteroatoms. The molecule has 1 saturated heterocycles. The summed E-state index contributed by atoms with van der Waals surface area (Å²) in [6.45, 7) is 7.02. The van der Waals surface area contributed by atoms with E-state index in [1.807, 2.05) is 0 Å². The Hall–Kier alpha value is -2.77. The Balaban J connectivity index is 1.74. The van der Waals surface area contributed by atoms with Gasteiger partial charge in [-0.05, 0) is 63.8 Å². The molecule has 3 rings (SSSR count). The van der Waals surface area contributed by atoms with Gasteiger partial charge in [-0.25, -0.2) is 4.79 Å². The van der Waals surface area contributed by atoms with Crippen LogP contribution in [0.2, 0.25) is 0 Å². The van der Waals surface area contributed by atoms with Crippen LogP contribution in [0.15, 0.2) is 41.5 Å². The predicted octanol–water partition coefficient (Wildman–Crippen LogP) is 5.13. The number of hydrogen-bond donors (Lipinski definition) is 0. The van der Waals surface area contributed by atoms with Gasteiger partial charge in [0.2, 0.25) is 5.75 Å². The standard InChI is InChI=1S/C28H38O7/c1-18(2)9-8-10-19(3)25-27(33-7)21(13-14-28(25)17-34-28)35-24(29)12-11-20-15-22(30-4)26(32-6)23(16-20)31-5/h9-12,15-16,21,25,27H,8,13-14,17H2,1-7H3/b12-11+,19-10+/t21-,25+,27-,28+/m1/s1. The Morgan fingerprint density at radius 2 is 1.71 bits per heavy atom. The zero-order chi connectivity index (χ0) is 25.6. The molecule has 0 amide bonds. The largest absolute Gasteiger partial charge is 0.493 e. The highest BCUT2D eigenvalue weighted by Gasteiger charge is 2.59. The van der Waals surface area contributed by atoms with Gasteiger partial charge in [0, 0.05) is 19.1 Å². The lowest BCUT2D eigenvalue weighted by Gasteiger charge is -2.41. The molecule has 1 saturated carbocycles. The van der Waals surface area contributed by atoms with Gasteiger partial charge in [-0.1, -0.05) is 23.3 Å². The zero-order valence-electron chi connectivity index (χ0n) is 21.9. The lowest BCUT2D eigenvalue weighted by molar-refractivity contribution is -0.159. The van der Waals surface area contributed by atoms with Crippen molar-refractivity contribution in [1.82, 2.24) is 0 Å². The van der Waals surface area contributed by atoms with Crippen molar-refractivity contribution in [2.75, 3.05) is 35.0 Å². The molecule has 2 fully saturated rings. The number of allylic oxidation sites excluding steroid dienone is 3. The molecule has 0 bridgehead atoms. The van der Waals surface area contributed by atoms with Gasteiger partial charge in [-0.3, -0.25) is 0 Å². The predicted molar refractivity (Wildman–Crippen MR) is 135 cm³/mol. The topological polar surface area (TPSA) is 75.8 Å². The van der Waals surface area contributed by atoms with Gasteiger partial charge in [-0.2, -0.15) is 0 Å². The first-order valence-electron chi connectivity index (χ1n) is 11.9. The molecule has 1 spiro atoms. The van der Waals surface area contributed by atoms with Crippen molar-refractivity contribution in [3.05, 3.63) is 47.1 Å². The highest BCUT2D eigenvalue weighted by atomic mass is 16.6. The van der Waals surface area contributed by atoms with Crippen LogP contribution in [0.25, 0.3) is 6.08 Å². The van der Waals surface area contributed by atoms with Crippen molar-refractivity contribution < 1.29 is 33.2 Å². The second-order valence-corrected chi connectivity index (χ2v) is 9.30. The molecule has 0 aromatic heterocycles. The van der Waals surface area contributed by atoms with E-state index in [0.717, 1.165) is 18.4 Å². The number of carbonyl (C=O) groups is 1. The second-order valence-electron chi connectivity index (χ2n) is 9.30. The van der Waals surface area contributed by atoms with E-state index in [2.05, 4.69) is 32.9 Å². The molecule has 1 heterocycles. The lowest BCUT2D eigenvalue weighted by atomic mass is 9.72. The minimum absolute atomic E-state index is 0.0451. The fourth-order valence-electron chi connectivity index (χ4n) is 4.88. The van der Waals surface area contributed by atoms with Crippen LogP contribution in [0.4, 0.5) is 0 Å². The van der Waals surface area contributed by atoms with Crippen LogP contribution >= 0.6 is 0 Å². The maximum absolute atomic E-state index is 12.8. The third kappa shape index (κ3) is 6.27. The highest BCUT2D eigenvalue weighted by molar-refractivity contribution is 5.87. The minimum atomic E-state index is -0.427. The number of carbonyl (C=O) groups excluding carboxylic acids is 1. The lowest BCUT2D eigenvalue weighted by Crippen LogP contribution is -2.50. The summed E-state index contributed by atoms with van der Waals surface area (Å²) in [4.78, 5) is 12.8. The smallest absolute Gasteiger partial charge is 0.331 e. The molecule has 1 aromatic rings. The zero-order valence-corrected chi connectivity index (χ0v) is 21.9. The summed E-state index contributed by atoms with van der Waals surface area (Å²) in [5.41, 5.74) is 3.01. The average molecular weight is 487 g/mol. The Morgan fingerprint density at radius 1 is 1.06 bits per heavy atom. The molecule has 0 radical (unpaired) electrons. The van der Waals surface area contributed by atoms with Crippen LogP contribution in [-0.4, -0.2) is 58.8 Å². The molecule has 7 nitrogen and oxygen atoms in total. The summed E-state index contributed by atoms with van der Waals surface area (Å²) < 4.78 is 33.8. The summed E-state index contributed by atoms with van der Waals surface area (Å²) in [5.74, 6) is 1.14. The monoisotopic (exact) mass is 486 g/mol. The van der Waals surface area contributed by atoms with E-state index in [0.29, 0.717) is 30.3 Å². The molecule has 2 aliphatic rings. The Morgan fingerprint density at radius 3 is 2.23 bits per heavy atom. The number of methoxy groups -OCH3 is 4. The van der Waals surface area contributed by atoms with E-state index in [-0.39, 0.29) is 23.7 Å². The number of esters is 1. The fourth-order valence-corrected chi connectivity index (χ4v) is 4.88. The average Bonchev–Trinajstić information content (AvgIpc) is 3.62. The van der Waals surface area contributed by atoms with E-state index >= 15 is 0 Å². The maximum atomic E-state index is 12.8. The number of epoxide rings is 1. The molecule has 1 aliphatic carbocycles. The molecular weight excluding hydrogens is 448 g/mol. The van der Waals surface area contributed by atoms with Gasteiger partial charge >= 0.3 is 5.97 Å². The van der Waals surface area contributed by atoms with E-state index in [9.17, 15) is 4.79 Å². The van der Waals surface area contributed by atoms with E-state index in [1.165, 1.54) is 17.2 Å². The number of benzene rings is 1. The van der Waals surface area contributed by atoms with Crippen molar-refractivity contribution in [3.8, 4) is 17.2 Å². The van der Waals surface area contributed by atoms with E-state index in [4.69, 9.17) is 28.4 Å². The van der Waals surface area contributed by atoms with Crippen molar-refractivity contribution in [2.24, 2.45) is 5.92 Å². The molecule has 0 N–H and O–H groups in total. The first-order valence-corrected chi connectivity index (χ1v) is 11.9. The first kappa shape index (κ1) is 26.8. The maximum Gasteiger partial charge on any atom is 0.331 e. The minimum Gasteiger partial charge on any atom is -0.493 e. The van der Waals surface area contributed by atoms with Crippen LogP contribution < -0.4 is 14.2 Å². The molecule has 35 heavy (non-hydrogen) atoms. The van der Waals surface area contributed by atoms with Crippen LogP contribution in [-0.2, 0) is 19.0 Å². The SMILES string of the molecule is COc1cc(/C=C/C(=O)O[C@@H]2CC[C@]3(CO3)[C@@H](/C(C)=C/CC=C(C)C)[C@@H]2OC)cc(OC)c1OC. The molecule has 192 valence electrons. The number of rotatable bonds is 10. The van der Waals surface area contributed by atoms with Crippen LogP contribution in [0.1, 0.15) is 45.6 Å². The Bertz CT molecular complexity index is 958. The molecule has 0 unspecified atom stereocenters. The van der Waals surface area contributed by atoms with E-state index in [1.54, 1.807) is 46.6 Å². The fraction of sp³-hybridized carbons (Fsp3) is 0.536. The normalized spacial score (nSPS) is 25.9. The van der Waals surface area contributed by atoms with Crippen LogP contribution in [0.3, 0.4) is 0 Å². The van der Waals surface area contributed by atoms with Crippen LogP contribution in [0.5, 0.6) is 17.2 Å². The van der Waals surface area contributed by atoms with Gasteiger partial charge < -0.3 is 28.4 Å². The van der Waals surface area contributed by atoms with Crippen LogP contribution in [0, 0.1) is 5.92 Å². The summed E-state index contributed by atoms with van der Waals surface area (Å²) in [6.07, 6.45) is 9.26. The summed E-state index contributed by atoms with van der Waals surface area (Å²) in [5, 5.41) is 0. The Labute approximate surface area is 208 Å². The van der Waals surface area contributed by atoms with Crippen molar-refractivity contribution in [1.29, 1.82) is 0 Å². The van der Waals surface area contributed by atoms with E-state index < -0.39 is 5.97 Å². The quantitative estimate of drug-likeness (QED) is 0.196. The second kappa shape index (κ2) is 11.8. The van der Waals surface area contributed by atoms with Crippen molar-refractivity contribution in [3.63, 3.8) is 0 Å². The molecule has 1 aromatic carbocycles.